The quantitative estimate of drug-likeness (QED) is 0.409. The lowest BCUT2D eigenvalue weighted by atomic mass is 10.2. The number of methoxy groups -OCH3 is 1. The lowest BCUT2D eigenvalue weighted by molar-refractivity contribution is 0.203. The molecule has 0 amide bonds. The zero-order valence-corrected chi connectivity index (χ0v) is 13.4. The molecule has 1 rings (SSSR count). The maximum absolute atomic E-state index is 5.00. The summed E-state index contributed by atoms with van der Waals surface area (Å²) in [5.41, 5.74) is 1.35. The molecule has 0 saturated carbocycles. The van der Waals surface area contributed by atoms with Crippen LogP contribution < -0.4 is 10.6 Å². The third-order valence-corrected chi connectivity index (χ3v) is 3.13. The normalized spacial score (nSPS) is 11.7. The van der Waals surface area contributed by atoms with Crippen LogP contribution in [0.5, 0.6) is 0 Å². The molecule has 0 aliphatic heterocycles. The van der Waals surface area contributed by atoms with Gasteiger partial charge in [-0.25, -0.2) is 0 Å². The van der Waals surface area contributed by atoms with Gasteiger partial charge in [-0.05, 0) is 25.6 Å². The molecule has 1 aromatic rings. The van der Waals surface area contributed by atoms with Gasteiger partial charge < -0.3 is 20.3 Å². The van der Waals surface area contributed by atoms with Gasteiger partial charge in [-0.15, -0.1) is 0 Å². The second-order valence-electron chi connectivity index (χ2n) is 5.00. The van der Waals surface area contributed by atoms with E-state index >= 15 is 0 Å². The number of guanidine groups is 1. The molecule has 118 valence electrons. The molecule has 0 radical (unpaired) electrons. The lowest BCUT2D eigenvalue weighted by Gasteiger charge is -2.17. The second kappa shape index (κ2) is 11.1. The van der Waals surface area contributed by atoms with Gasteiger partial charge in [0.2, 0.25) is 0 Å². The Hall–Kier alpha value is -1.59. The van der Waals surface area contributed by atoms with Crippen LogP contribution in [0.25, 0.3) is 0 Å². The summed E-state index contributed by atoms with van der Waals surface area (Å²) in [5.74, 6) is 0.831. The van der Waals surface area contributed by atoms with Crippen molar-refractivity contribution in [2.75, 3.05) is 47.4 Å². The molecule has 1 aromatic carbocycles. The Morgan fingerprint density at radius 2 is 1.90 bits per heavy atom. The highest BCUT2D eigenvalue weighted by molar-refractivity contribution is 5.79. The third kappa shape index (κ3) is 8.32. The Kier molecular flexibility index (Phi) is 9.24. The molecule has 2 N–H and O–H groups in total. The highest BCUT2D eigenvalue weighted by Gasteiger charge is 2.00. The summed E-state index contributed by atoms with van der Waals surface area (Å²) in [6, 6.07) is 10.5. The van der Waals surface area contributed by atoms with E-state index in [1.807, 2.05) is 0 Å². The molecule has 0 aromatic heterocycles. The Morgan fingerprint density at radius 3 is 2.57 bits per heavy atom. The molecule has 0 heterocycles. The largest absolute Gasteiger partial charge is 0.383 e. The van der Waals surface area contributed by atoms with E-state index in [9.17, 15) is 0 Å². The van der Waals surface area contributed by atoms with Crippen molar-refractivity contribution in [3.05, 3.63) is 35.9 Å². The average molecular weight is 292 g/mol. The van der Waals surface area contributed by atoms with Crippen molar-refractivity contribution >= 4 is 5.96 Å². The number of aliphatic imine (C=N–C) groups is 1. The van der Waals surface area contributed by atoms with E-state index in [0.29, 0.717) is 6.61 Å². The van der Waals surface area contributed by atoms with Gasteiger partial charge in [-0.1, -0.05) is 30.3 Å². The molecule has 21 heavy (non-hydrogen) atoms. The van der Waals surface area contributed by atoms with E-state index in [1.54, 1.807) is 14.2 Å². The second-order valence-corrected chi connectivity index (χ2v) is 5.00. The molecule has 0 unspecified atom stereocenters. The summed E-state index contributed by atoms with van der Waals surface area (Å²) in [7, 11) is 5.63. The van der Waals surface area contributed by atoms with E-state index in [0.717, 1.165) is 38.6 Å². The van der Waals surface area contributed by atoms with Crippen LogP contribution in [-0.2, 0) is 11.3 Å². The summed E-state index contributed by atoms with van der Waals surface area (Å²) >= 11 is 0. The van der Waals surface area contributed by atoms with Gasteiger partial charge in [-0.3, -0.25) is 4.99 Å². The van der Waals surface area contributed by atoms with Crippen molar-refractivity contribution in [1.29, 1.82) is 0 Å². The first-order chi connectivity index (χ1) is 10.3. The first-order valence-electron chi connectivity index (χ1n) is 7.42. The predicted octanol–water partition coefficient (Wildman–Crippen LogP) is 1.32. The molecule has 0 aliphatic carbocycles. The number of hydrogen-bond acceptors (Lipinski definition) is 3. The highest BCUT2D eigenvalue weighted by atomic mass is 16.5. The van der Waals surface area contributed by atoms with E-state index in [1.165, 1.54) is 5.56 Å². The van der Waals surface area contributed by atoms with Crippen molar-refractivity contribution in [2.24, 2.45) is 4.99 Å². The summed E-state index contributed by atoms with van der Waals surface area (Å²) < 4.78 is 5.00. The molecule has 0 aliphatic rings. The summed E-state index contributed by atoms with van der Waals surface area (Å²) in [6.45, 7) is 4.40. The molecule has 5 nitrogen and oxygen atoms in total. The number of nitrogens with zero attached hydrogens (tertiary/aromatic N) is 2. The fourth-order valence-electron chi connectivity index (χ4n) is 2.02. The molecule has 0 spiro atoms. The number of nitrogens with one attached hydrogen (secondary N) is 2. The molecular weight excluding hydrogens is 264 g/mol. The first-order valence-corrected chi connectivity index (χ1v) is 7.42. The zero-order valence-electron chi connectivity index (χ0n) is 13.4. The van der Waals surface area contributed by atoms with Crippen molar-refractivity contribution in [3.63, 3.8) is 0 Å². The minimum Gasteiger partial charge on any atom is -0.383 e. The SMILES string of the molecule is CN=C(NCCCN(C)Cc1ccccc1)NCCOC. The van der Waals surface area contributed by atoms with Gasteiger partial charge in [0, 0.05) is 33.8 Å². The molecule has 0 atom stereocenters. The maximum atomic E-state index is 5.00. The summed E-state index contributed by atoms with van der Waals surface area (Å²) in [6.07, 6.45) is 1.08. The van der Waals surface area contributed by atoms with Gasteiger partial charge in [0.05, 0.1) is 6.61 Å². The zero-order chi connectivity index (χ0) is 15.3. The topological polar surface area (TPSA) is 48.9 Å². The molecule has 5 heteroatoms. The van der Waals surface area contributed by atoms with E-state index in [4.69, 9.17) is 4.74 Å². The standard InChI is InChI=1S/C16H28N4O/c1-17-16(19-11-13-21-3)18-10-7-12-20(2)14-15-8-5-4-6-9-15/h4-6,8-9H,7,10-14H2,1-3H3,(H2,17,18,19). The highest BCUT2D eigenvalue weighted by Crippen LogP contribution is 2.02. The van der Waals surface area contributed by atoms with Crippen LogP contribution in [0.1, 0.15) is 12.0 Å². The fourth-order valence-corrected chi connectivity index (χ4v) is 2.02. The Balaban J connectivity index is 2.12. The van der Waals surface area contributed by atoms with Gasteiger partial charge in [0.1, 0.15) is 0 Å². The number of ether oxygens (including phenoxy) is 1. The van der Waals surface area contributed by atoms with Gasteiger partial charge in [0.15, 0.2) is 5.96 Å². The smallest absolute Gasteiger partial charge is 0.191 e. The van der Waals surface area contributed by atoms with Crippen molar-refractivity contribution in [3.8, 4) is 0 Å². The van der Waals surface area contributed by atoms with Crippen LogP contribution in [0.3, 0.4) is 0 Å². The summed E-state index contributed by atoms with van der Waals surface area (Å²) in [4.78, 5) is 6.50. The van der Waals surface area contributed by atoms with Crippen LogP contribution in [-0.4, -0.2) is 58.3 Å². The van der Waals surface area contributed by atoms with Crippen molar-refractivity contribution in [1.82, 2.24) is 15.5 Å². The van der Waals surface area contributed by atoms with Crippen LogP contribution >= 0.6 is 0 Å². The van der Waals surface area contributed by atoms with Gasteiger partial charge in [-0.2, -0.15) is 0 Å². The third-order valence-electron chi connectivity index (χ3n) is 3.13. The monoisotopic (exact) mass is 292 g/mol. The molecule has 0 saturated heterocycles. The maximum Gasteiger partial charge on any atom is 0.191 e. The minimum absolute atomic E-state index is 0.681. The average Bonchev–Trinajstić information content (AvgIpc) is 2.50. The van der Waals surface area contributed by atoms with Crippen LogP contribution in [0, 0.1) is 0 Å². The van der Waals surface area contributed by atoms with Crippen LogP contribution in [0.15, 0.2) is 35.3 Å². The van der Waals surface area contributed by atoms with Gasteiger partial charge in [0.25, 0.3) is 0 Å². The van der Waals surface area contributed by atoms with Crippen LogP contribution in [0.4, 0.5) is 0 Å². The van der Waals surface area contributed by atoms with E-state index in [-0.39, 0.29) is 0 Å². The Morgan fingerprint density at radius 1 is 1.19 bits per heavy atom. The predicted molar refractivity (Wildman–Crippen MR) is 88.6 cm³/mol. The fraction of sp³-hybridized carbons (Fsp3) is 0.562. The minimum atomic E-state index is 0.681. The van der Waals surface area contributed by atoms with E-state index < -0.39 is 0 Å². The van der Waals surface area contributed by atoms with Crippen molar-refractivity contribution in [2.45, 2.75) is 13.0 Å². The van der Waals surface area contributed by atoms with Crippen molar-refractivity contribution < 1.29 is 4.74 Å². The molecule has 0 bridgehead atoms. The first kappa shape index (κ1) is 17.5. The van der Waals surface area contributed by atoms with Crippen LogP contribution in [0.2, 0.25) is 0 Å². The number of rotatable bonds is 9. The number of benzene rings is 1. The number of hydrogen-bond donors (Lipinski definition) is 2. The Bertz CT molecular complexity index is 395. The molecular formula is C16H28N4O. The summed E-state index contributed by atoms with van der Waals surface area (Å²) in [5, 5.41) is 6.50. The lowest BCUT2D eigenvalue weighted by Crippen LogP contribution is -2.39. The molecule has 0 fully saturated rings. The van der Waals surface area contributed by atoms with Gasteiger partial charge >= 0.3 is 0 Å². The van der Waals surface area contributed by atoms with E-state index in [2.05, 4.69) is 57.9 Å². The Labute approximate surface area is 128 Å².